The Hall–Kier alpha value is -2.24. The van der Waals surface area contributed by atoms with Crippen molar-refractivity contribution in [3.8, 4) is 17.2 Å². The molecular formula is C36H23Br3Cl3IO3. The summed E-state index contributed by atoms with van der Waals surface area (Å²) in [6.45, 7) is 0. The smallest absolute Gasteiger partial charge is 0.154 e. The van der Waals surface area contributed by atoms with Crippen molar-refractivity contribution in [2.75, 3.05) is 0 Å². The number of aromatic hydroxyl groups is 1. The highest BCUT2D eigenvalue weighted by molar-refractivity contribution is 14.1. The minimum Gasteiger partial charge on any atom is -0.506 e. The largest absolute Gasteiger partial charge is 0.506 e. The highest BCUT2D eigenvalue weighted by atomic mass is 127. The molecule has 0 saturated heterocycles. The van der Waals surface area contributed by atoms with Crippen molar-refractivity contribution in [3.05, 3.63) is 166 Å². The molecule has 0 saturated carbocycles. The van der Waals surface area contributed by atoms with Gasteiger partial charge in [0.05, 0.1) is 15.1 Å². The van der Waals surface area contributed by atoms with E-state index in [2.05, 4.69) is 82.5 Å². The average molecular weight is 977 g/mol. The summed E-state index contributed by atoms with van der Waals surface area (Å²) in [4.78, 5) is 0. The van der Waals surface area contributed by atoms with Gasteiger partial charge in [-0.1, -0.05) is 137 Å². The second-order valence-electron chi connectivity index (χ2n) is 9.24. The van der Waals surface area contributed by atoms with Gasteiger partial charge in [-0.3, -0.25) is 0 Å². The maximum atomic E-state index is 8.89. The van der Waals surface area contributed by atoms with Crippen molar-refractivity contribution in [2.45, 2.75) is 0 Å². The summed E-state index contributed by atoms with van der Waals surface area (Å²) in [5.74, 6) is 1.55. The maximum absolute atomic E-state index is 8.89. The van der Waals surface area contributed by atoms with E-state index < -0.39 is 0 Å². The quantitative estimate of drug-likeness (QED) is 0.176. The van der Waals surface area contributed by atoms with Crippen LogP contribution in [-0.4, -0.2) is 5.11 Å². The number of ether oxygens (including phenoxy) is 1. The lowest BCUT2D eigenvalue weighted by Gasteiger charge is -2.07. The zero-order valence-electron chi connectivity index (χ0n) is 23.6. The highest BCUT2D eigenvalue weighted by Crippen LogP contribution is 2.35. The van der Waals surface area contributed by atoms with Crippen LogP contribution in [0, 0.1) is 3.57 Å². The van der Waals surface area contributed by atoms with Gasteiger partial charge in [0.1, 0.15) is 22.8 Å². The van der Waals surface area contributed by atoms with Crippen LogP contribution in [0.15, 0.2) is 151 Å². The van der Waals surface area contributed by atoms with Crippen molar-refractivity contribution in [2.24, 2.45) is 0 Å². The van der Waals surface area contributed by atoms with Gasteiger partial charge < -0.3 is 14.3 Å². The molecule has 0 bridgehead atoms. The number of para-hydroxylation sites is 2. The number of phenols is 1. The number of fused-ring (bicyclic) bond motifs is 3. The normalized spacial score (nSPS) is 10.2. The number of hydrogen-bond acceptors (Lipinski definition) is 3. The van der Waals surface area contributed by atoms with Crippen LogP contribution in [-0.2, 0) is 0 Å². The Kier molecular flexibility index (Phi) is 14.6. The molecule has 1 heterocycles. The van der Waals surface area contributed by atoms with Crippen LogP contribution in [0.4, 0.5) is 0 Å². The zero-order valence-corrected chi connectivity index (χ0v) is 32.8. The van der Waals surface area contributed by atoms with Crippen molar-refractivity contribution in [3.63, 3.8) is 0 Å². The summed E-state index contributed by atoms with van der Waals surface area (Å²) in [7, 11) is 0. The van der Waals surface area contributed by atoms with Crippen molar-refractivity contribution in [1.82, 2.24) is 0 Å². The maximum Gasteiger partial charge on any atom is 0.154 e. The monoisotopic (exact) mass is 972 g/mol. The van der Waals surface area contributed by atoms with Gasteiger partial charge in [0, 0.05) is 27.8 Å². The van der Waals surface area contributed by atoms with E-state index in [0.29, 0.717) is 20.8 Å². The standard InChI is InChI=1S/C12H6BrClO.C12H8BrClO.C6H4BrClO.C6H5I/c13-7-5-9-8-3-1-2-4-11(8)15-12(9)10(14)6-7;13-9-6-7-12(11(14)8-9)15-10-4-2-1-3-5-10;7-4-1-2-6(9)5(8)3-4;7-6-4-2-1-3-5-6/h1-6H;1-8H;1-3,9H;1-5H. The van der Waals surface area contributed by atoms with E-state index in [-0.39, 0.29) is 5.75 Å². The lowest BCUT2D eigenvalue weighted by Crippen LogP contribution is -1.84. The van der Waals surface area contributed by atoms with Gasteiger partial charge in [-0.25, -0.2) is 0 Å². The molecule has 3 nitrogen and oxygen atoms in total. The van der Waals surface area contributed by atoms with Gasteiger partial charge in [-0.05, 0) is 101 Å². The second kappa shape index (κ2) is 18.3. The van der Waals surface area contributed by atoms with E-state index in [1.807, 2.05) is 97.1 Å². The van der Waals surface area contributed by atoms with Gasteiger partial charge in [0.25, 0.3) is 0 Å². The Morgan fingerprint density at radius 2 is 1.13 bits per heavy atom. The Balaban J connectivity index is 0.000000146. The van der Waals surface area contributed by atoms with Gasteiger partial charge in [-0.2, -0.15) is 0 Å². The fourth-order valence-corrected chi connectivity index (χ4v) is 6.47. The van der Waals surface area contributed by atoms with Crippen molar-refractivity contribution in [1.29, 1.82) is 0 Å². The summed E-state index contributed by atoms with van der Waals surface area (Å²) < 4.78 is 15.4. The Morgan fingerprint density at radius 3 is 1.72 bits per heavy atom. The molecular weight excluding hydrogens is 953 g/mol. The fourth-order valence-electron chi connectivity index (χ4n) is 3.82. The summed E-state index contributed by atoms with van der Waals surface area (Å²) in [5.41, 5.74) is 1.62. The molecule has 0 spiro atoms. The predicted octanol–water partition coefficient (Wildman–Crippen LogP) is 15.0. The number of benzene rings is 6. The second-order valence-corrected chi connectivity index (χ2v) is 14.5. The minimum atomic E-state index is 0.111. The number of furan rings is 1. The van der Waals surface area contributed by atoms with Crippen molar-refractivity contribution >= 4 is 127 Å². The summed E-state index contributed by atoms with van der Waals surface area (Å²) >= 11 is 29.9. The Morgan fingerprint density at radius 1 is 0.565 bits per heavy atom. The molecule has 0 aliphatic rings. The molecule has 0 aliphatic heterocycles. The first-order valence-electron chi connectivity index (χ1n) is 13.4. The SMILES string of the molecule is Clc1cc(Br)cc2c1oc1ccccc12.Clc1cc(Br)ccc1Oc1ccccc1.Ic1ccccc1.Oc1ccc(Br)cc1Cl. The van der Waals surface area contributed by atoms with E-state index >= 15 is 0 Å². The molecule has 1 aromatic heterocycles. The van der Waals surface area contributed by atoms with E-state index in [9.17, 15) is 0 Å². The molecule has 7 aromatic rings. The molecule has 0 amide bonds. The topological polar surface area (TPSA) is 42.6 Å². The number of phenolic OH excluding ortho intramolecular Hbond substituents is 1. The third-order valence-electron chi connectivity index (χ3n) is 5.91. The number of halogens is 7. The fraction of sp³-hybridized carbons (Fsp3) is 0. The van der Waals surface area contributed by atoms with Gasteiger partial charge in [0.15, 0.2) is 5.58 Å². The zero-order chi connectivity index (χ0) is 33.1. The third kappa shape index (κ3) is 11.2. The number of rotatable bonds is 2. The van der Waals surface area contributed by atoms with Crippen LogP contribution in [0.25, 0.3) is 21.9 Å². The van der Waals surface area contributed by atoms with E-state index in [4.69, 9.17) is 49.1 Å². The third-order valence-corrected chi connectivity index (χ3v) is 8.95. The molecule has 0 unspecified atom stereocenters. The van der Waals surface area contributed by atoms with Gasteiger partial charge in [-0.15, -0.1) is 0 Å². The van der Waals surface area contributed by atoms with Crippen LogP contribution in [0.1, 0.15) is 0 Å². The molecule has 0 atom stereocenters. The summed E-state index contributed by atoms with van der Waals surface area (Å²) in [6, 6.07) is 42.0. The molecule has 10 heteroatoms. The van der Waals surface area contributed by atoms with E-state index in [1.165, 1.54) is 9.64 Å². The predicted molar refractivity (Wildman–Crippen MR) is 212 cm³/mol. The molecule has 46 heavy (non-hydrogen) atoms. The minimum absolute atomic E-state index is 0.111. The van der Waals surface area contributed by atoms with Crippen LogP contribution in [0.5, 0.6) is 17.2 Å². The van der Waals surface area contributed by atoms with Crippen LogP contribution in [0.3, 0.4) is 0 Å². The molecule has 6 aromatic carbocycles. The molecule has 7 rings (SSSR count). The molecule has 1 N–H and O–H groups in total. The van der Waals surface area contributed by atoms with Gasteiger partial charge in [0.2, 0.25) is 0 Å². The summed E-state index contributed by atoms with van der Waals surface area (Å²) in [5, 5.41) is 12.6. The molecule has 0 fully saturated rings. The highest BCUT2D eigenvalue weighted by Gasteiger charge is 2.10. The first kappa shape index (κ1) is 36.6. The molecule has 0 aliphatic carbocycles. The summed E-state index contributed by atoms with van der Waals surface area (Å²) in [6.07, 6.45) is 0. The van der Waals surface area contributed by atoms with Crippen LogP contribution < -0.4 is 4.74 Å². The Bertz CT molecular complexity index is 2020. The number of hydrogen-bond donors (Lipinski definition) is 1. The van der Waals surface area contributed by atoms with E-state index in [1.54, 1.807) is 18.2 Å². The van der Waals surface area contributed by atoms with Crippen LogP contribution >= 0.6 is 105 Å². The molecule has 0 radical (unpaired) electrons. The van der Waals surface area contributed by atoms with E-state index in [0.717, 1.165) is 41.1 Å². The lowest BCUT2D eigenvalue weighted by atomic mass is 10.1. The van der Waals surface area contributed by atoms with Crippen molar-refractivity contribution < 1.29 is 14.3 Å². The molecule has 234 valence electrons. The Labute approximate surface area is 321 Å². The lowest BCUT2D eigenvalue weighted by molar-refractivity contribution is 0.475. The first-order valence-corrected chi connectivity index (χ1v) is 18.0. The van der Waals surface area contributed by atoms with Crippen LogP contribution in [0.2, 0.25) is 15.1 Å². The average Bonchev–Trinajstić information content (AvgIpc) is 3.42. The van der Waals surface area contributed by atoms with Gasteiger partial charge >= 0.3 is 0 Å². The first-order chi connectivity index (χ1) is 22.1.